The zero-order chi connectivity index (χ0) is 12.9. The summed E-state index contributed by atoms with van der Waals surface area (Å²) in [4.78, 5) is 0. The van der Waals surface area contributed by atoms with E-state index in [1.54, 1.807) is 0 Å². The van der Waals surface area contributed by atoms with Crippen LogP contribution in [-0.2, 0) is 0 Å². The van der Waals surface area contributed by atoms with Crippen molar-refractivity contribution in [3.63, 3.8) is 0 Å². The number of benzene rings is 1. The third kappa shape index (κ3) is 4.74. The van der Waals surface area contributed by atoms with Gasteiger partial charge >= 0.3 is 6.18 Å². The van der Waals surface area contributed by atoms with Gasteiger partial charge in [0.05, 0.1) is 5.56 Å². The molecule has 0 fully saturated rings. The average Bonchev–Trinajstić information content (AvgIpc) is 2.23. The lowest BCUT2D eigenvalue weighted by molar-refractivity contribution is -0.153. The summed E-state index contributed by atoms with van der Waals surface area (Å²) in [5.74, 6) is 3.69. The van der Waals surface area contributed by atoms with Crippen LogP contribution in [0.3, 0.4) is 0 Å². The highest BCUT2D eigenvalue weighted by Gasteiger charge is 2.28. The highest BCUT2D eigenvalue weighted by atomic mass is 19.4. The molecule has 0 heterocycles. The van der Waals surface area contributed by atoms with E-state index < -0.39 is 25.2 Å². The second kappa shape index (κ2) is 5.55. The van der Waals surface area contributed by atoms with Crippen LogP contribution in [0.2, 0.25) is 0 Å². The summed E-state index contributed by atoms with van der Waals surface area (Å²) < 4.78 is 53.1. The fourth-order valence-corrected chi connectivity index (χ4v) is 1.02. The normalized spacial score (nSPS) is 10.6. The largest absolute Gasteiger partial charge is 0.483 e. The summed E-state index contributed by atoms with van der Waals surface area (Å²) in [7, 11) is 0. The lowest BCUT2D eigenvalue weighted by Gasteiger charge is -2.10. The van der Waals surface area contributed by atoms with Crippen molar-refractivity contribution in [2.45, 2.75) is 6.18 Å². The molecule has 2 nitrogen and oxygen atoms in total. The van der Waals surface area contributed by atoms with Gasteiger partial charge in [0, 0.05) is 0 Å². The molecule has 0 aliphatic carbocycles. The first-order chi connectivity index (χ1) is 7.92. The molecule has 6 heteroatoms. The van der Waals surface area contributed by atoms with Gasteiger partial charge in [-0.3, -0.25) is 0 Å². The number of aliphatic hydroxyl groups excluding tert-OH is 1. The zero-order valence-electron chi connectivity index (χ0n) is 8.51. The minimum atomic E-state index is -4.48. The van der Waals surface area contributed by atoms with Crippen LogP contribution in [0.15, 0.2) is 18.2 Å². The first-order valence-corrected chi connectivity index (χ1v) is 4.51. The van der Waals surface area contributed by atoms with E-state index in [4.69, 9.17) is 5.11 Å². The molecule has 0 aromatic heterocycles. The summed E-state index contributed by atoms with van der Waals surface area (Å²) in [5, 5.41) is 8.46. The highest BCUT2D eigenvalue weighted by Crippen LogP contribution is 2.22. The van der Waals surface area contributed by atoms with Crippen LogP contribution in [0.5, 0.6) is 5.75 Å². The van der Waals surface area contributed by atoms with Gasteiger partial charge in [0.2, 0.25) is 0 Å². The van der Waals surface area contributed by atoms with E-state index in [9.17, 15) is 17.6 Å². The van der Waals surface area contributed by atoms with Crippen LogP contribution >= 0.6 is 0 Å². The van der Waals surface area contributed by atoms with Gasteiger partial charge in [-0.1, -0.05) is 11.8 Å². The Balaban J connectivity index is 2.90. The van der Waals surface area contributed by atoms with Crippen molar-refractivity contribution in [2.75, 3.05) is 13.2 Å². The van der Waals surface area contributed by atoms with Crippen LogP contribution in [-0.4, -0.2) is 24.5 Å². The third-order valence-electron chi connectivity index (χ3n) is 1.64. The van der Waals surface area contributed by atoms with Crippen LogP contribution in [0.25, 0.3) is 0 Å². The molecule has 0 spiro atoms. The molecule has 1 N–H and O–H groups in total. The summed E-state index contributed by atoms with van der Waals surface area (Å²) in [5.41, 5.74) is -0.0386. The van der Waals surface area contributed by atoms with Gasteiger partial charge < -0.3 is 9.84 Å². The smallest absolute Gasteiger partial charge is 0.422 e. The number of hydrogen-bond donors (Lipinski definition) is 1. The number of alkyl halides is 3. The van der Waals surface area contributed by atoms with Crippen molar-refractivity contribution in [1.29, 1.82) is 0 Å². The standard InChI is InChI=1S/C11H8F4O2/c12-9-3-4-10(17-7-11(13,14)15)8(6-9)2-1-5-16/h3-4,6,16H,5,7H2. The lowest BCUT2D eigenvalue weighted by Crippen LogP contribution is -2.19. The summed E-state index contributed by atoms with van der Waals surface area (Å²) in [6.07, 6.45) is -4.48. The van der Waals surface area contributed by atoms with Crippen LogP contribution in [0, 0.1) is 17.7 Å². The molecule has 0 aliphatic rings. The Morgan fingerprint density at radius 1 is 1.29 bits per heavy atom. The number of rotatable bonds is 2. The topological polar surface area (TPSA) is 29.5 Å². The molecule has 0 radical (unpaired) electrons. The summed E-state index contributed by atoms with van der Waals surface area (Å²) in [6.45, 7) is -1.96. The molecule has 0 bridgehead atoms. The Morgan fingerprint density at radius 2 is 2.00 bits per heavy atom. The molecule has 0 saturated heterocycles. The van der Waals surface area contributed by atoms with Gasteiger partial charge in [-0.2, -0.15) is 13.2 Å². The van der Waals surface area contributed by atoms with Crippen molar-refractivity contribution in [1.82, 2.24) is 0 Å². The van der Waals surface area contributed by atoms with E-state index in [2.05, 4.69) is 16.6 Å². The molecular weight excluding hydrogens is 240 g/mol. The van der Waals surface area contributed by atoms with Gasteiger partial charge in [-0.05, 0) is 18.2 Å². The number of hydrogen-bond acceptors (Lipinski definition) is 2. The molecule has 0 aliphatic heterocycles. The molecule has 92 valence electrons. The Kier molecular flexibility index (Phi) is 4.35. The molecule has 1 aromatic carbocycles. The molecule has 0 atom stereocenters. The van der Waals surface area contributed by atoms with Gasteiger partial charge in [-0.15, -0.1) is 0 Å². The maximum absolute atomic E-state index is 12.8. The summed E-state index contributed by atoms with van der Waals surface area (Å²) in [6, 6.07) is 2.96. The van der Waals surface area contributed by atoms with Gasteiger partial charge in [0.1, 0.15) is 18.2 Å². The molecule has 1 rings (SSSR count). The van der Waals surface area contributed by atoms with Crippen molar-refractivity contribution in [2.24, 2.45) is 0 Å². The molecule has 0 unspecified atom stereocenters. The maximum atomic E-state index is 12.8. The second-order valence-electron chi connectivity index (χ2n) is 3.00. The predicted molar refractivity (Wildman–Crippen MR) is 51.9 cm³/mol. The first-order valence-electron chi connectivity index (χ1n) is 4.51. The summed E-state index contributed by atoms with van der Waals surface area (Å²) >= 11 is 0. The predicted octanol–water partition coefficient (Wildman–Crippen LogP) is 2.11. The fourth-order valence-electron chi connectivity index (χ4n) is 1.02. The van der Waals surface area contributed by atoms with Crippen molar-refractivity contribution in [3.05, 3.63) is 29.6 Å². The maximum Gasteiger partial charge on any atom is 0.422 e. The van der Waals surface area contributed by atoms with Gasteiger partial charge in [0.25, 0.3) is 0 Å². The molecule has 0 saturated carbocycles. The second-order valence-corrected chi connectivity index (χ2v) is 3.00. The molecule has 1 aromatic rings. The lowest BCUT2D eigenvalue weighted by atomic mass is 10.2. The number of ether oxygens (including phenoxy) is 1. The zero-order valence-corrected chi connectivity index (χ0v) is 8.51. The third-order valence-corrected chi connectivity index (χ3v) is 1.64. The van der Waals surface area contributed by atoms with Gasteiger partial charge in [0.15, 0.2) is 6.61 Å². The minimum Gasteiger partial charge on any atom is -0.483 e. The fraction of sp³-hybridized carbons (Fsp3) is 0.273. The van der Waals surface area contributed by atoms with Crippen molar-refractivity contribution >= 4 is 0 Å². The number of aliphatic hydroxyl groups is 1. The van der Waals surface area contributed by atoms with Crippen LogP contribution in [0.4, 0.5) is 17.6 Å². The van der Waals surface area contributed by atoms with Crippen LogP contribution in [0.1, 0.15) is 5.56 Å². The minimum absolute atomic E-state index is 0.0386. The van der Waals surface area contributed by atoms with Crippen molar-refractivity contribution in [3.8, 4) is 17.6 Å². The molecule has 0 amide bonds. The first kappa shape index (κ1) is 13.3. The number of halogens is 4. The Bertz CT molecular complexity index is 443. The van der Waals surface area contributed by atoms with E-state index in [-0.39, 0.29) is 11.3 Å². The Hall–Kier alpha value is -1.74. The van der Waals surface area contributed by atoms with E-state index in [1.165, 1.54) is 0 Å². The van der Waals surface area contributed by atoms with Crippen molar-refractivity contribution < 1.29 is 27.4 Å². The molecular formula is C11H8F4O2. The van der Waals surface area contributed by atoms with E-state index >= 15 is 0 Å². The van der Waals surface area contributed by atoms with Gasteiger partial charge in [-0.25, -0.2) is 4.39 Å². The van der Waals surface area contributed by atoms with Crippen LogP contribution < -0.4 is 4.74 Å². The van der Waals surface area contributed by atoms with E-state index in [0.29, 0.717) is 0 Å². The highest BCUT2D eigenvalue weighted by molar-refractivity contribution is 5.46. The SMILES string of the molecule is OCC#Cc1cc(F)ccc1OCC(F)(F)F. The molecule has 17 heavy (non-hydrogen) atoms. The Labute approximate surface area is 94.8 Å². The van der Waals surface area contributed by atoms with E-state index in [1.807, 2.05) is 0 Å². The quantitative estimate of drug-likeness (QED) is 0.641. The Morgan fingerprint density at radius 3 is 2.59 bits per heavy atom. The monoisotopic (exact) mass is 248 g/mol. The van der Waals surface area contributed by atoms with E-state index in [0.717, 1.165) is 18.2 Å². The average molecular weight is 248 g/mol.